The maximum atomic E-state index is 13.2. The average Bonchev–Trinajstić information content (AvgIpc) is 3.81. The van der Waals surface area contributed by atoms with Crippen molar-refractivity contribution in [2.75, 3.05) is 83.4 Å². The molecule has 1 unspecified atom stereocenters. The number of nitrogens with two attached hydrogens (primary N) is 1. The van der Waals surface area contributed by atoms with E-state index in [0.29, 0.717) is 93.3 Å². The summed E-state index contributed by atoms with van der Waals surface area (Å²) in [5.74, 6) is -0.498. The second kappa shape index (κ2) is 20.6. The zero-order valence-electron chi connectivity index (χ0n) is 35.2. The van der Waals surface area contributed by atoms with Gasteiger partial charge in [-0.15, -0.1) is 0 Å². The molecular weight excluding hydrogens is 825 g/mol. The first-order valence-electron chi connectivity index (χ1n) is 21.4. The molecule has 0 aliphatic carbocycles. The highest BCUT2D eigenvalue weighted by molar-refractivity contribution is 6.25. The number of anilines is 2. The van der Waals surface area contributed by atoms with E-state index in [1.165, 1.54) is 6.33 Å². The summed E-state index contributed by atoms with van der Waals surface area (Å²) in [4.78, 5) is 75.0. The van der Waals surface area contributed by atoms with Crippen molar-refractivity contribution < 1.29 is 42.9 Å². The van der Waals surface area contributed by atoms with Gasteiger partial charge in [-0.25, -0.2) is 14.6 Å². The Hall–Kier alpha value is -6.80. The van der Waals surface area contributed by atoms with E-state index in [9.17, 15) is 24.0 Å². The Morgan fingerprint density at radius 1 is 0.812 bits per heavy atom. The molecule has 3 aromatic carbocycles. The van der Waals surface area contributed by atoms with Crippen molar-refractivity contribution in [2.45, 2.75) is 37.8 Å². The molecule has 3 aliphatic rings. The minimum absolute atomic E-state index is 0.0185. The van der Waals surface area contributed by atoms with Gasteiger partial charge in [0, 0.05) is 37.3 Å². The fourth-order valence-electron chi connectivity index (χ4n) is 8.12. The quantitative estimate of drug-likeness (QED) is 0.0650. The third kappa shape index (κ3) is 10.2. The van der Waals surface area contributed by atoms with Crippen molar-refractivity contribution in [3.8, 4) is 22.8 Å². The van der Waals surface area contributed by atoms with E-state index in [2.05, 4.69) is 30.8 Å². The third-order valence-electron chi connectivity index (χ3n) is 11.2. The molecule has 0 spiro atoms. The molecule has 0 saturated carbocycles. The molecule has 0 radical (unpaired) electrons. The Morgan fingerprint density at radius 2 is 1.55 bits per heavy atom. The Morgan fingerprint density at radius 3 is 2.31 bits per heavy atom. The number of likely N-dealkylation sites (tertiary alicyclic amines) is 1. The highest BCUT2D eigenvalue weighted by Crippen LogP contribution is 2.35. The monoisotopic (exact) mass is 874 g/mol. The maximum absolute atomic E-state index is 13.2. The number of piperidine rings is 2. The highest BCUT2D eigenvalue weighted by Gasteiger charge is 2.45. The van der Waals surface area contributed by atoms with Crippen LogP contribution >= 0.6 is 0 Å². The van der Waals surface area contributed by atoms with Crippen LogP contribution in [0.5, 0.6) is 11.5 Å². The van der Waals surface area contributed by atoms with E-state index >= 15 is 0 Å². The molecule has 0 bridgehead atoms. The number of imide groups is 2. The lowest BCUT2D eigenvalue weighted by Crippen LogP contribution is -2.54. The number of aromatic nitrogens is 4. The van der Waals surface area contributed by atoms with Crippen LogP contribution < -0.4 is 26.4 Å². The van der Waals surface area contributed by atoms with Crippen LogP contribution in [0.15, 0.2) is 79.1 Å². The van der Waals surface area contributed by atoms with Crippen LogP contribution in [0.3, 0.4) is 0 Å². The third-order valence-corrected chi connectivity index (χ3v) is 11.2. The van der Waals surface area contributed by atoms with E-state index in [1.807, 2.05) is 59.3 Å². The molecule has 5 heterocycles. The summed E-state index contributed by atoms with van der Waals surface area (Å²) in [6, 6.07) is 21.1. The van der Waals surface area contributed by atoms with Crippen LogP contribution in [-0.2, 0) is 28.6 Å². The number of rotatable bonds is 20. The predicted octanol–water partition coefficient (Wildman–Crippen LogP) is 3.18. The summed E-state index contributed by atoms with van der Waals surface area (Å²) >= 11 is 0. The van der Waals surface area contributed by atoms with Gasteiger partial charge in [0.15, 0.2) is 5.65 Å². The van der Waals surface area contributed by atoms with Crippen LogP contribution in [0.2, 0.25) is 0 Å². The molecule has 19 nitrogen and oxygen atoms in total. The number of para-hydroxylation sites is 1. The molecule has 5 aromatic rings. The fourth-order valence-corrected chi connectivity index (χ4v) is 8.12. The molecular formula is C45H50N10O9. The highest BCUT2D eigenvalue weighted by atomic mass is 16.5. The standard InChI is InChI=1S/C45H50N10O9/c46-41-39-40(29-11-13-32(14-12-29)64-31-7-2-1-3-8-31)52-55(42(39)50-28-49-41)30-6-5-19-53(26-30)27-37(57)48-18-21-62-23-25-63-24-22-61-20-17-47-34-10-4-9-33-38(34)45(60)54(44(33)59)35-15-16-36(56)51-43(35)58/h1-4,7-14,28,30,35,47H,5-6,15-27H2,(H,48,57)(H2,46,49,50)(H,51,56,58)/t30-,35?/m1/s1. The maximum Gasteiger partial charge on any atom is 0.264 e. The van der Waals surface area contributed by atoms with Crippen molar-refractivity contribution in [1.29, 1.82) is 0 Å². The van der Waals surface area contributed by atoms with Gasteiger partial charge in [0.2, 0.25) is 17.7 Å². The molecule has 2 saturated heterocycles. The Kier molecular flexibility index (Phi) is 14.1. The Labute approximate surface area is 368 Å². The second-order valence-corrected chi connectivity index (χ2v) is 15.5. The average molecular weight is 875 g/mol. The van der Waals surface area contributed by atoms with Gasteiger partial charge in [-0.2, -0.15) is 5.10 Å². The Bertz CT molecular complexity index is 2480. The number of nitrogens with one attached hydrogen (secondary N) is 3. The molecule has 2 aromatic heterocycles. The number of benzene rings is 3. The van der Waals surface area contributed by atoms with Crippen molar-refractivity contribution in [1.82, 2.24) is 40.2 Å². The molecule has 19 heteroatoms. The number of nitrogen functional groups attached to an aromatic ring is 1. The smallest absolute Gasteiger partial charge is 0.264 e. The van der Waals surface area contributed by atoms with Gasteiger partial charge in [-0.3, -0.25) is 39.1 Å². The number of amides is 5. The number of carbonyl (C=O) groups is 5. The number of carbonyl (C=O) groups excluding carboxylic acids is 5. The van der Waals surface area contributed by atoms with Crippen molar-refractivity contribution in [3.05, 3.63) is 90.3 Å². The van der Waals surface area contributed by atoms with E-state index in [-0.39, 0.29) is 42.5 Å². The first-order valence-corrected chi connectivity index (χ1v) is 21.4. The minimum Gasteiger partial charge on any atom is -0.457 e. The van der Waals surface area contributed by atoms with E-state index in [0.717, 1.165) is 35.6 Å². The lowest BCUT2D eigenvalue weighted by Gasteiger charge is -2.32. The van der Waals surface area contributed by atoms with Gasteiger partial charge >= 0.3 is 0 Å². The van der Waals surface area contributed by atoms with Gasteiger partial charge in [0.25, 0.3) is 11.8 Å². The second-order valence-electron chi connectivity index (χ2n) is 15.5. The minimum atomic E-state index is -1.03. The van der Waals surface area contributed by atoms with Crippen LogP contribution in [0.25, 0.3) is 22.3 Å². The molecule has 8 rings (SSSR count). The van der Waals surface area contributed by atoms with Gasteiger partial charge in [0.05, 0.1) is 68.7 Å². The van der Waals surface area contributed by atoms with Gasteiger partial charge < -0.3 is 35.3 Å². The number of nitrogens with zero attached hydrogens (tertiary/aromatic N) is 6. The molecule has 5 N–H and O–H groups in total. The van der Waals surface area contributed by atoms with Crippen LogP contribution in [-0.4, -0.2) is 137 Å². The summed E-state index contributed by atoms with van der Waals surface area (Å²) in [6.07, 6.45) is 3.36. The fraction of sp³-hybridized carbons (Fsp3) is 0.378. The van der Waals surface area contributed by atoms with E-state index < -0.39 is 29.7 Å². The normalized spacial score (nSPS) is 17.7. The Balaban J connectivity index is 0.700. The summed E-state index contributed by atoms with van der Waals surface area (Å²) in [5, 5.41) is 14.0. The van der Waals surface area contributed by atoms with Gasteiger partial charge in [0.1, 0.15) is 35.4 Å². The SMILES string of the molecule is Nc1ncnc2c1c(-c1ccc(Oc3ccccc3)cc1)nn2[C@@H]1CCCN(CC(=O)NCCOCCOCCOCCNc2cccc3c2C(=O)N(C2CCC(=O)NC2=O)C3=O)C1. The van der Waals surface area contributed by atoms with Crippen molar-refractivity contribution in [3.63, 3.8) is 0 Å². The number of ether oxygens (including phenoxy) is 4. The topological polar surface area (TPSA) is 234 Å². The number of fused-ring (bicyclic) bond motifs is 2. The first-order chi connectivity index (χ1) is 31.2. The predicted molar refractivity (Wildman–Crippen MR) is 233 cm³/mol. The van der Waals surface area contributed by atoms with Crippen LogP contribution in [0.4, 0.5) is 11.5 Å². The lowest BCUT2D eigenvalue weighted by atomic mass is 10.0. The molecule has 64 heavy (non-hydrogen) atoms. The van der Waals surface area contributed by atoms with E-state index in [1.54, 1.807) is 18.2 Å². The molecule has 2 atom stereocenters. The van der Waals surface area contributed by atoms with Gasteiger partial charge in [-0.05, 0) is 74.3 Å². The summed E-state index contributed by atoms with van der Waals surface area (Å²) in [5.41, 5.74) is 9.46. The largest absolute Gasteiger partial charge is 0.457 e. The number of hydrogen-bond donors (Lipinski definition) is 4. The van der Waals surface area contributed by atoms with Crippen molar-refractivity contribution >= 4 is 52.1 Å². The van der Waals surface area contributed by atoms with Crippen LogP contribution in [0.1, 0.15) is 52.4 Å². The van der Waals surface area contributed by atoms with Crippen LogP contribution in [0, 0.1) is 0 Å². The lowest BCUT2D eigenvalue weighted by molar-refractivity contribution is -0.136. The summed E-state index contributed by atoms with van der Waals surface area (Å²) in [6.45, 7) is 4.42. The summed E-state index contributed by atoms with van der Waals surface area (Å²) < 4.78 is 24.8. The molecule has 334 valence electrons. The first kappa shape index (κ1) is 43.8. The zero-order valence-corrected chi connectivity index (χ0v) is 35.2. The van der Waals surface area contributed by atoms with Crippen molar-refractivity contribution in [2.24, 2.45) is 0 Å². The van der Waals surface area contributed by atoms with Gasteiger partial charge in [-0.1, -0.05) is 24.3 Å². The summed E-state index contributed by atoms with van der Waals surface area (Å²) in [7, 11) is 0. The molecule has 2 fully saturated rings. The zero-order chi connectivity index (χ0) is 44.4. The van der Waals surface area contributed by atoms with E-state index in [4.69, 9.17) is 29.8 Å². The molecule has 5 amide bonds. The number of hydrogen-bond acceptors (Lipinski definition) is 15. The molecule has 3 aliphatic heterocycles.